The molecule has 0 saturated heterocycles. The van der Waals surface area contributed by atoms with Crippen LogP contribution in [0.3, 0.4) is 0 Å². The molecule has 0 fully saturated rings. The van der Waals surface area contributed by atoms with E-state index in [1.54, 1.807) is 14.2 Å². The molecule has 0 aliphatic carbocycles. The molecule has 0 bridgehead atoms. The highest BCUT2D eigenvalue weighted by Crippen LogP contribution is 2.22. The number of aromatic nitrogens is 2. The summed E-state index contributed by atoms with van der Waals surface area (Å²) in [7, 11) is 3.52. The highest BCUT2D eigenvalue weighted by molar-refractivity contribution is 5.79. The number of nitrogens with zero attached hydrogens (tertiary/aromatic N) is 3. The molecule has 0 unspecified atom stereocenters. The van der Waals surface area contributed by atoms with Gasteiger partial charge in [0.15, 0.2) is 5.96 Å². The lowest BCUT2D eigenvalue weighted by molar-refractivity contribution is 0.182. The molecule has 0 saturated carbocycles. The summed E-state index contributed by atoms with van der Waals surface area (Å²) in [6.45, 7) is 13.7. The predicted molar refractivity (Wildman–Crippen MR) is 121 cm³/mol. The van der Waals surface area contributed by atoms with Crippen LogP contribution >= 0.6 is 0 Å². The van der Waals surface area contributed by atoms with Gasteiger partial charge >= 0.3 is 0 Å². The fourth-order valence-electron chi connectivity index (χ4n) is 3.38. The molecule has 0 aliphatic heterocycles. The standard InChI is InChI=1S/C23H37N5O/c1-8-19-9-11-20(12-10-19)23(4,5)16-26-22(24-6)25-15-21-17(2)27-28(18(21)3)13-14-29-7/h9-12H,8,13-16H2,1-7H3,(H2,24,25,26). The van der Waals surface area contributed by atoms with Crippen LogP contribution in [0.1, 0.15) is 48.8 Å². The Balaban J connectivity index is 1.96. The molecule has 0 radical (unpaired) electrons. The van der Waals surface area contributed by atoms with Crippen molar-refractivity contribution in [1.29, 1.82) is 0 Å². The Hall–Kier alpha value is -2.34. The van der Waals surface area contributed by atoms with E-state index in [0.29, 0.717) is 13.2 Å². The molecular weight excluding hydrogens is 362 g/mol. The molecular formula is C23H37N5O. The molecule has 1 aromatic carbocycles. The number of hydrogen-bond acceptors (Lipinski definition) is 3. The van der Waals surface area contributed by atoms with Crippen LogP contribution in [0.2, 0.25) is 0 Å². The zero-order chi connectivity index (χ0) is 21.4. The van der Waals surface area contributed by atoms with Crippen LogP contribution in [0.25, 0.3) is 0 Å². The van der Waals surface area contributed by atoms with Crippen LogP contribution in [0.5, 0.6) is 0 Å². The van der Waals surface area contributed by atoms with Crippen LogP contribution in [0.15, 0.2) is 29.3 Å². The fourth-order valence-corrected chi connectivity index (χ4v) is 3.38. The smallest absolute Gasteiger partial charge is 0.191 e. The maximum Gasteiger partial charge on any atom is 0.191 e. The topological polar surface area (TPSA) is 63.5 Å². The summed E-state index contributed by atoms with van der Waals surface area (Å²) in [4.78, 5) is 4.39. The van der Waals surface area contributed by atoms with Crippen molar-refractivity contribution in [3.8, 4) is 0 Å². The normalized spacial score (nSPS) is 12.3. The second-order valence-electron chi connectivity index (χ2n) is 8.08. The number of hydrogen-bond donors (Lipinski definition) is 2. The number of methoxy groups -OCH3 is 1. The van der Waals surface area contributed by atoms with Crippen molar-refractivity contribution in [1.82, 2.24) is 20.4 Å². The van der Waals surface area contributed by atoms with Gasteiger partial charge < -0.3 is 15.4 Å². The van der Waals surface area contributed by atoms with E-state index in [0.717, 1.165) is 31.2 Å². The van der Waals surface area contributed by atoms with Crippen LogP contribution in [-0.2, 0) is 29.7 Å². The first-order chi connectivity index (χ1) is 13.8. The van der Waals surface area contributed by atoms with Gasteiger partial charge in [0.05, 0.1) is 18.8 Å². The summed E-state index contributed by atoms with van der Waals surface area (Å²) in [5.41, 5.74) is 6.10. The third-order valence-electron chi connectivity index (χ3n) is 5.54. The SMILES string of the molecule is CCc1ccc(C(C)(C)CNC(=NC)NCc2c(C)nn(CCOC)c2C)cc1. The van der Waals surface area contributed by atoms with Gasteiger partial charge in [0, 0.05) is 43.9 Å². The second-order valence-corrected chi connectivity index (χ2v) is 8.08. The minimum absolute atomic E-state index is 0.000755. The number of aryl methyl sites for hydroxylation is 2. The first kappa shape index (κ1) is 22.9. The summed E-state index contributed by atoms with van der Waals surface area (Å²) in [5.74, 6) is 0.798. The maximum atomic E-state index is 5.17. The van der Waals surface area contributed by atoms with Crippen LogP contribution in [0.4, 0.5) is 0 Å². The van der Waals surface area contributed by atoms with Crippen LogP contribution in [0, 0.1) is 13.8 Å². The average molecular weight is 400 g/mol. The van der Waals surface area contributed by atoms with Crippen molar-refractivity contribution in [2.75, 3.05) is 27.3 Å². The van der Waals surface area contributed by atoms with Crippen LogP contribution < -0.4 is 10.6 Å². The lowest BCUT2D eigenvalue weighted by Crippen LogP contribution is -2.43. The molecule has 1 aromatic heterocycles. The van der Waals surface area contributed by atoms with E-state index in [4.69, 9.17) is 4.74 Å². The molecule has 1 heterocycles. The Morgan fingerprint density at radius 1 is 1.17 bits per heavy atom. The molecule has 6 nitrogen and oxygen atoms in total. The Morgan fingerprint density at radius 3 is 2.45 bits per heavy atom. The van der Waals surface area contributed by atoms with E-state index < -0.39 is 0 Å². The number of nitrogens with one attached hydrogen (secondary N) is 2. The molecule has 2 rings (SSSR count). The highest BCUT2D eigenvalue weighted by atomic mass is 16.5. The van der Waals surface area contributed by atoms with E-state index in [9.17, 15) is 0 Å². The van der Waals surface area contributed by atoms with E-state index >= 15 is 0 Å². The van der Waals surface area contributed by atoms with E-state index in [-0.39, 0.29) is 5.41 Å². The third kappa shape index (κ3) is 6.07. The van der Waals surface area contributed by atoms with Crippen molar-refractivity contribution >= 4 is 5.96 Å². The van der Waals surface area contributed by atoms with Gasteiger partial charge in [-0.2, -0.15) is 5.10 Å². The van der Waals surface area contributed by atoms with Gasteiger partial charge in [0.1, 0.15) is 0 Å². The zero-order valence-corrected chi connectivity index (χ0v) is 19.1. The number of benzene rings is 1. The first-order valence-electron chi connectivity index (χ1n) is 10.4. The van der Waals surface area contributed by atoms with Gasteiger partial charge in [-0.15, -0.1) is 0 Å². The van der Waals surface area contributed by atoms with Gasteiger partial charge in [-0.3, -0.25) is 9.67 Å². The lowest BCUT2D eigenvalue weighted by Gasteiger charge is -2.27. The van der Waals surface area contributed by atoms with Crippen molar-refractivity contribution in [2.45, 2.75) is 59.5 Å². The lowest BCUT2D eigenvalue weighted by atomic mass is 9.84. The highest BCUT2D eigenvalue weighted by Gasteiger charge is 2.21. The Bertz CT molecular complexity index is 805. The molecule has 2 aromatic rings. The second kappa shape index (κ2) is 10.4. The van der Waals surface area contributed by atoms with Gasteiger partial charge in [-0.25, -0.2) is 0 Å². The summed E-state index contributed by atoms with van der Waals surface area (Å²) >= 11 is 0. The Morgan fingerprint density at radius 2 is 1.86 bits per heavy atom. The number of guanidine groups is 1. The third-order valence-corrected chi connectivity index (χ3v) is 5.54. The van der Waals surface area contributed by atoms with Crippen molar-refractivity contribution in [3.63, 3.8) is 0 Å². The van der Waals surface area contributed by atoms with E-state index in [2.05, 4.69) is 72.7 Å². The van der Waals surface area contributed by atoms with E-state index in [1.807, 2.05) is 11.6 Å². The predicted octanol–water partition coefficient (Wildman–Crippen LogP) is 3.35. The summed E-state index contributed by atoms with van der Waals surface area (Å²) < 4.78 is 7.18. The average Bonchev–Trinajstić information content (AvgIpc) is 2.99. The summed E-state index contributed by atoms with van der Waals surface area (Å²) in [6.07, 6.45) is 1.07. The molecule has 160 valence electrons. The molecule has 2 N–H and O–H groups in total. The maximum absolute atomic E-state index is 5.17. The Labute approximate surface area is 175 Å². The number of aliphatic imine (C=N–C) groups is 1. The minimum Gasteiger partial charge on any atom is -0.383 e. The van der Waals surface area contributed by atoms with Gasteiger partial charge in [-0.1, -0.05) is 45.0 Å². The van der Waals surface area contributed by atoms with Gasteiger partial charge in [0.2, 0.25) is 0 Å². The largest absolute Gasteiger partial charge is 0.383 e. The summed E-state index contributed by atoms with van der Waals surface area (Å²) in [6, 6.07) is 8.91. The number of rotatable bonds is 9. The molecule has 6 heteroatoms. The van der Waals surface area contributed by atoms with Crippen molar-refractivity contribution in [3.05, 3.63) is 52.3 Å². The summed E-state index contributed by atoms with van der Waals surface area (Å²) in [5, 5.41) is 11.5. The molecule has 0 spiro atoms. The van der Waals surface area contributed by atoms with Crippen molar-refractivity contribution in [2.24, 2.45) is 4.99 Å². The minimum atomic E-state index is 0.000755. The molecule has 0 amide bonds. The molecule has 0 atom stereocenters. The van der Waals surface area contributed by atoms with Crippen molar-refractivity contribution < 1.29 is 4.74 Å². The number of ether oxygens (including phenoxy) is 1. The first-order valence-corrected chi connectivity index (χ1v) is 10.4. The van der Waals surface area contributed by atoms with E-state index in [1.165, 1.54) is 22.4 Å². The quantitative estimate of drug-likeness (QED) is 0.501. The zero-order valence-electron chi connectivity index (χ0n) is 19.1. The van der Waals surface area contributed by atoms with Gasteiger partial charge in [0.25, 0.3) is 0 Å². The molecule has 29 heavy (non-hydrogen) atoms. The monoisotopic (exact) mass is 399 g/mol. The van der Waals surface area contributed by atoms with Crippen LogP contribution in [-0.4, -0.2) is 43.0 Å². The Kier molecular flexibility index (Phi) is 8.26. The fraction of sp³-hybridized carbons (Fsp3) is 0.565. The van der Waals surface area contributed by atoms with Gasteiger partial charge in [-0.05, 0) is 31.4 Å². The molecule has 0 aliphatic rings.